The van der Waals surface area contributed by atoms with E-state index in [1.54, 1.807) is 24.3 Å². The highest BCUT2D eigenvalue weighted by Crippen LogP contribution is 2.36. The van der Waals surface area contributed by atoms with Crippen molar-refractivity contribution in [1.82, 2.24) is 0 Å². The summed E-state index contributed by atoms with van der Waals surface area (Å²) in [5.41, 5.74) is 1.04. The van der Waals surface area contributed by atoms with Gasteiger partial charge >= 0.3 is 0 Å². The lowest BCUT2D eigenvalue weighted by atomic mass is 10.0. The van der Waals surface area contributed by atoms with Crippen molar-refractivity contribution in [3.05, 3.63) is 29.8 Å². The van der Waals surface area contributed by atoms with E-state index >= 15 is 0 Å². The monoisotopic (exact) mass is 282 g/mol. The Balaban J connectivity index is 1.97. The summed E-state index contributed by atoms with van der Waals surface area (Å²) in [6, 6.07) is 6.78. The van der Waals surface area contributed by atoms with Crippen LogP contribution in [0.5, 0.6) is 0 Å². The molecule has 2 rings (SSSR count). The van der Waals surface area contributed by atoms with Gasteiger partial charge in [-0.15, -0.1) is 0 Å². The smallest absolute Gasteiger partial charge is 0.266 e. The molecule has 19 heavy (non-hydrogen) atoms. The summed E-state index contributed by atoms with van der Waals surface area (Å²) in [4.78, 5) is 0.247. The minimum atomic E-state index is -3.60. The van der Waals surface area contributed by atoms with Crippen molar-refractivity contribution < 1.29 is 12.6 Å². The summed E-state index contributed by atoms with van der Waals surface area (Å²) in [5.74, 6) is 1.69. The van der Waals surface area contributed by atoms with E-state index < -0.39 is 10.1 Å². The summed E-state index contributed by atoms with van der Waals surface area (Å²) in [6.45, 7) is 6.68. The second kappa shape index (κ2) is 5.63. The molecule has 0 radical (unpaired) electrons. The zero-order chi connectivity index (χ0) is 14.0. The van der Waals surface area contributed by atoms with E-state index in [2.05, 4.69) is 13.8 Å². The topological polar surface area (TPSA) is 43.4 Å². The molecular formula is C15H22O3S. The van der Waals surface area contributed by atoms with Crippen LogP contribution < -0.4 is 0 Å². The van der Waals surface area contributed by atoms with Crippen molar-refractivity contribution in [3.8, 4) is 0 Å². The SMILES string of the molecule is Cc1ccc(S(=O)(=O)OCC2C[C@H](C)[C@@H](C)C2)cc1. The average molecular weight is 282 g/mol. The van der Waals surface area contributed by atoms with Crippen LogP contribution in [0.1, 0.15) is 32.3 Å². The van der Waals surface area contributed by atoms with Gasteiger partial charge in [0.05, 0.1) is 11.5 Å². The Bertz CT molecular complexity index is 509. The molecule has 4 heteroatoms. The van der Waals surface area contributed by atoms with Crippen LogP contribution in [0.25, 0.3) is 0 Å². The first-order chi connectivity index (χ1) is 8.88. The highest BCUT2D eigenvalue weighted by Gasteiger charge is 2.29. The Hall–Kier alpha value is -0.870. The van der Waals surface area contributed by atoms with Gasteiger partial charge in [-0.1, -0.05) is 31.5 Å². The molecule has 0 unspecified atom stereocenters. The van der Waals surface area contributed by atoms with Crippen LogP contribution in [-0.4, -0.2) is 15.0 Å². The molecule has 1 aliphatic carbocycles. The molecule has 0 heterocycles. The third-order valence-electron chi connectivity index (χ3n) is 4.15. The molecule has 1 aliphatic rings. The van der Waals surface area contributed by atoms with Crippen molar-refractivity contribution in [3.63, 3.8) is 0 Å². The molecule has 1 aromatic carbocycles. The minimum Gasteiger partial charge on any atom is -0.266 e. The summed E-state index contributed by atoms with van der Waals surface area (Å²) in [6.07, 6.45) is 2.12. The van der Waals surface area contributed by atoms with E-state index in [1.165, 1.54) is 0 Å². The van der Waals surface area contributed by atoms with Crippen LogP contribution in [0.3, 0.4) is 0 Å². The van der Waals surface area contributed by atoms with Gasteiger partial charge in [0, 0.05) is 0 Å². The van der Waals surface area contributed by atoms with Crippen LogP contribution in [0.15, 0.2) is 29.2 Å². The highest BCUT2D eigenvalue weighted by atomic mass is 32.2. The molecule has 2 atom stereocenters. The molecule has 0 aliphatic heterocycles. The number of hydrogen-bond acceptors (Lipinski definition) is 3. The van der Waals surface area contributed by atoms with Crippen molar-refractivity contribution in [2.45, 2.75) is 38.5 Å². The third kappa shape index (κ3) is 3.57. The molecule has 0 spiro atoms. The quantitative estimate of drug-likeness (QED) is 0.795. The maximum absolute atomic E-state index is 12.0. The lowest BCUT2D eigenvalue weighted by Crippen LogP contribution is -2.13. The Morgan fingerprint density at radius 2 is 1.63 bits per heavy atom. The summed E-state index contributed by atoms with van der Waals surface area (Å²) in [5, 5.41) is 0. The zero-order valence-corrected chi connectivity index (χ0v) is 12.6. The Morgan fingerprint density at radius 1 is 1.11 bits per heavy atom. The largest absolute Gasteiger partial charge is 0.296 e. The van der Waals surface area contributed by atoms with Crippen molar-refractivity contribution in [2.24, 2.45) is 17.8 Å². The molecule has 0 bridgehead atoms. The first kappa shape index (κ1) is 14.5. The minimum absolute atomic E-state index is 0.247. The zero-order valence-electron chi connectivity index (χ0n) is 11.8. The van der Waals surface area contributed by atoms with E-state index in [1.807, 2.05) is 6.92 Å². The fourth-order valence-corrected chi connectivity index (χ4v) is 3.68. The molecular weight excluding hydrogens is 260 g/mol. The first-order valence-electron chi connectivity index (χ1n) is 6.84. The van der Waals surface area contributed by atoms with Crippen LogP contribution >= 0.6 is 0 Å². The van der Waals surface area contributed by atoms with Gasteiger partial charge in [-0.05, 0) is 49.7 Å². The lowest BCUT2D eigenvalue weighted by molar-refractivity contribution is 0.252. The fourth-order valence-electron chi connectivity index (χ4n) is 2.71. The fraction of sp³-hybridized carbons (Fsp3) is 0.600. The van der Waals surface area contributed by atoms with Crippen molar-refractivity contribution in [1.29, 1.82) is 0 Å². The van der Waals surface area contributed by atoms with E-state index in [0.717, 1.165) is 18.4 Å². The maximum atomic E-state index is 12.0. The number of aryl methyl sites for hydroxylation is 1. The summed E-state index contributed by atoms with van der Waals surface area (Å²) in [7, 11) is -3.60. The lowest BCUT2D eigenvalue weighted by Gasteiger charge is -2.10. The Kier molecular flexibility index (Phi) is 4.31. The molecule has 1 aromatic rings. The van der Waals surface area contributed by atoms with Crippen LogP contribution in [-0.2, 0) is 14.3 Å². The van der Waals surface area contributed by atoms with E-state index in [0.29, 0.717) is 24.4 Å². The third-order valence-corrected chi connectivity index (χ3v) is 5.45. The Morgan fingerprint density at radius 3 is 2.16 bits per heavy atom. The second-order valence-electron chi connectivity index (χ2n) is 5.84. The molecule has 0 saturated heterocycles. The van der Waals surface area contributed by atoms with Gasteiger partial charge in [0.25, 0.3) is 10.1 Å². The molecule has 1 saturated carbocycles. The molecule has 3 nitrogen and oxygen atoms in total. The summed E-state index contributed by atoms with van der Waals surface area (Å²) >= 11 is 0. The highest BCUT2D eigenvalue weighted by molar-refractivity contribution is 7.86. The van der Waals surface area contributed by atoms with Gasteiger partial charge < -0.3 is 0 Å². The van der Waals surface area contributed by atoms with Gasteiger partial charge in [0.1, 0.15) is 0 Å². The second-order valence-corrected chi connectivity index (χ2v) is 7.46. The maximum Gasteiger partial charge on any atom is 0.296 e. The van der Waals surface area contributed by atoms with E-state index in [9.17, 15) is 8.42 Å². The average Bonchev–Trinajstić information content (AvgIpc) is 2.67. The van der Waals surface area contributed by atoms with Crippen LogP contribution in [0, 0.1) is 24.7 Å². The molecule has 0 aromatic heterocycles. The predicted octanol–water partition coefficient (Wildman–Crippen LogP) is 3.38. The van der Waals surface area contributed by atoms with Gasteiger partial charge in [0.15, 0.2) is 0 Å². The number of rotatable bonds is 4. The van der Waals surface area contributed by atoms with Gasteiger partial charge in [-0.2, -0.15) is 8.42 Å². The molecule has 1 fully saturated rings. The van der Waals surface area contributed by atoms with E-state index in [-0.39, 0.29) is 4.90 Å². The molecule has 106 valence electrons. The number of hydrogen-bond donors (Lipinski definition) is 0. The van der Waals surface area contributed by atoms with Gasteiger partial charge in [0.2, 0.25) is 0 Å². The van der Waals surface area contributed by atoms with Crippen molar-refractivity contribution >= 4 is 10.1 Å². The summed E-state index contributed by atoms with van der Waals surface area (Å²) < 4.78 is 29.3. The van der Waals surface area contributed by atoms with Crippen LogP contribution in [0.2, 0.25) is 0 Å². The Labute approximate surface area is 116 Å². The van der Waals surface area contributed by atoms with Crippen molar-refractivity contribution in [2.75, 3.05) is 6.61 Å². The van der Waals surface area contributed by atoms with Crippen LogP contribution in [0.4, 0.5) is 0 Å². The van der Waals surface area contributed by atoms with Gasteiger partial charge in [-0.25, -0.2) is 0 Å². The number of benzene rings is 1. The molecule has 0 amide bonds. The first-order valence-corrected chi connectivity index (χ1v) is 8.25. The van der Waals surface area contributed by atoms with E-state index in [4.69, 9.17) is 4.18 Å². The molecule has 0 N–H and O–H groups in total. The van der Waals surface area contributed by atoms with Gasteiger partial charge in [-0.3, -0.25) is 4.18 Å². The predicted molar refractivity (Wildman–Crippen MR) is 75.4 cm³/mol. The standard InChI is InChI=1S/C15H22O3S/c1-11-4-6-15(7-5-11)19(16,17)18-10-14-8-12(2)13(3)9-14/h4-7,12-14H,8-10H2,1-3H3/t12-,13-/m0/s1. The normalized spacial score (nSPS) is 24.8.